The van der Waals surface area contributed by atoms with Gasteiger partial charge < -0.3 is 4.52 Å². The van der Waals surface area contributed by atoms with Crippen LogP contribution in [0.2, 0.25) is 5.02 Å². The molecule has 0 amide bonds. The van der Waals surface area contributed by atoms with Gasteiger partial charge in [-0.15, -0.1) is 11.3 Å². The molecule has 4 aromatic rings. The molecule has 0 N–H and O–H groups in total. The van der Waals surface area contributed by atoms with Crippen molar-refractivity contribution in [2.75, 3.05) is 0 Å². The summed E-state index contributed by atoms with van der Waals surface area (Å²) in [6, 6.07) is 9.15. The first-order valence-corrected chi connectivity index (χ1v) is 9.52. The van der Waals surface area contributed by atoms with Crippen LogP contribution in [0.4, 0.5) is 0 Å². The molecule has 3 aromatic heterocycles. The maximum absolute atomic E-state index is 12.3. The molecule has 25 heavy (non-hydrogen) atoms. The minimum atomic E-state index is -0.0511. The Morgan fingerprint density at radius 3 is 2.96 bits per heavy atom. The van der Waals surface area contributed by atoms with E-state index in [2.05, 4.69) is 15.1 Å². The summed E-state index contributed by atoms with van der Waals surface area (Å²) in [4.78, 5) is 21.2. The van der Waals surface area contributed by atoms with Crippen LogP contribution in [-0.4, -0.2) is 19.7 Å². The van der Waals surface area contributed by atoms with Crippen molar-refractivity contribution in [3.63, 3.8) is 0 Å². The Bertz CT molecular complexity index is 1120. The number of benzene rings is 1. The minimum absolute atomic E-state index is 0.0511. The van der Waals surface area contributed by atoms with Gasteiger partial charge in [-0.05, 0) is 23.6 Å². The second-order valence-electron chi connectivity index (χ2n) is 5.17. The molecule has 3 heterocycles. The number of hydrogen-bond donors (Lipinski definition) is 0. The molecular formula is C16H11ClN4O2S2. The van der Waals surface area contributed by atoms with Crippen LogP contribution < -0.4 is 5.56 Å². The fraction of sp³-hybridized carbons (Fsp3) is 0.125. The highest BCUT2D eigenvalue weighted by Gasteiger charge is 2.14. The zero-order valence-electron chi connectivity index (χ0n) is 13.0. The zero-order chi connectivity index (χ0) is 17.4. The van der Waals surface area contributed by atoms with E-state index in [0.717, 1.165) is 5.56 Å². The summed E-state index contributed by atoms with van der Waals surface area (Å²) in [7, 11) is 1.71. The number of rotatable bonds is 4. The predicted molar refractivity (Wildman–Crippen MR) is 99.2 cm³/mol. The summed E-state index contributed by atoms with van der Waals surface area (Å²) in [6.07, 6.45) is 0. The van der Waals surface area contributed by atoms with Crippen molar-refractivity contribution < 1.29 is 4.52 Å². The molecule has 0 aliphatic heterocycles. The van der Waals surface area contributed by atoms with Gasteiger partial charge >= 0.3 is 0 Å². The Morgan fingerprint density at radius 2 is 2.12 bits per heavy atom. The van der Waals surface area contributed by atoms with Crippen LogP contribution >= 0.6 is 34.7 Å². The summed E-state index contributed by atoms with van der Waals surface area (Å²) in [5.41, 5.74) is 1.37. The molecule has 0 aliphatic carbocycles. The van der Waals surface area contributed by atoms with Crippen molar-refractivity contribution in [2.45, 2.75) is 10.9 Å². The van der Waals surface area contributed by atoms with Crippen molar-refractivity contribution in [2.24, 2.45) is 7.05 Å². The summed E-state index contributed by atoms with van der Waals surface area (Å²) in [6.45, 7) is 0. The third-order valence-electron chi connectivity index (χ3n) is 3.55. The van der Waals surface area contributed by atoms with Gasteiger partial charge in [0, 0.05) is 12.6 Å². The summed E-state index contributed by atoms with van der Waals surface area (Å²) < 4.78 is 7.48. The molecule has 0 saturated heterocycles. The lowest BCUT2D eigenvalue weighted by atomic mass is 10.2. The van der Waals surface area contributed by atoms with Crippen LogP contribution in [-0.2, 0) is 12.8 Å². The topological polar surface area (TPSA) is 73.8 Å². The highest BCUT2D eigenvalue weighted by molar-refractivity contribution is 7.98. The van der Waals surface area contributed by atoms with Gasteiger partial charge in [-0.1, -0.05) is 40.7 Å². The number of thiophene rings is 1. The number of nitrogens with zero attached hydrogens (tertiary/aromatic N) is 4. The lowest BCUT2D eigenvalue weighted by molar-refractivity contribution is 0.391. The van der Waals surface area contributed by atoms with E-state index in [1.165, 1.54) is 27.7 Å². The standard InChI is InChI=1S/C16H11ClN4O2S2/c1-21-15(22)13-11(6-7-24-13)18-16(21)25-8-12-19-14(20-23-12)9-4-2-3-5-10(9)17/h2-7H,8H2,1H3. The van der Waals surface area contributed by atoms with Crippen LogP contribution in [0, 0.1) is 0 Å². The highest BCUT2D eigenvalue weighted by atomic mass is 35.5. The van der Waals surface area contributed by atoms with E-state index >= 15 is 0 Å². The Hall–Kier alpha value is -2.16. The smallest absolute Gasteiger partial charge is 0.271 e. The van der Waals surface area contributed by atoms with Crippen molar-refractivity contribution in [1.82, 2.24) is 19.7 Å². The SMILES string of the molecule is Cn1c(SCc2nc(-c3ccccc3Cl)no2)nc2ccsc2c1=O. The van der Waals surface area contributed by atoms with Gasteiger partial charge in [-0.2, -0.15) is 4.98 Å². The molecule has 4 rings (SSSR count). The fourth-order valence-electron chi connectivity index (χ4n) is 2.29. The van der Waals surface area contributed by atoms with Gasteiger partial charge in [0.25, 0.3) is 5.56 Å². The summed E-state index contributed by atoms with van der Waals surface area (Å²) >= 11 is 8.92. The van der Waals surface area contributed by atoms with E-state index in [0.29, 0.717) is 37.9 Å². The Labute approximate surface area is 155 Å². The minimum Gasteiger partial charge on any atom is -0.338 e. The average molecular weight is 391 g/mol. The Kier molecular flexibility index (Phi) is 4.32. The van der Waals surface area contributed by atoms with Crippen molar-refractivity contribution >= 4 is 44.9 Å². The van der Waals surface area contributed by atoms with Gasteiger partial charge in [0.15, 0.2) is 5.16 Å². The van der Waals surface area contributed by atoms with Gasteiger partial charge in [0.2, 0.25) is 11.7 Å². The molecule has 9 heteroatoms. The Balaban J connectivity index is 1.58. The second kappa shape index (κ2) is 6.62. The van der Waals surface area contributed by atoms with Gasteiger partial charge in [0.05, 0.1) is 16.3 Å². The largest absolute Gasteiger partial charge is 0.338 e. The fourth-order valence-corrected chi connectivity index (χ4v) is 4.12. The molecule has 0 saturated carbocycles. The number of halogens is 1. The third kappa shape index (κ3) is 3.08. The highest BCUT2D eigenvalue weighted by Crippen LogP contribution is 2.27. The average Bonchev–Trinajstić information content (AvgIpc) is 3.26. The van der Waals surface area contributed by atoms with Crippen LogP contribution in [0.5, 0.6) is 0 Å². The summed E-state index contributed by atoms with van der Waals surface area (Å²) in [5, 5.41) is 7.00. The maximum atomic E-state index is 12.3. The van der Waals surface area contributed by atoms with E-state index < -0.39 is 0 Å². The molecular weight excluding hydrogens is 380 g/mol. The van der Waals surface area contributed by atoms with Gasteiger partial charge in [0.1, 0.15) is 4.70 Å². The predicted octanol–water partition coefficient (Wildman–Crippen LogP) is 3.99. The zero-order valence-corrected chi connectivity index (χ0v) is 15.4. The molecule has 0 fully saturated rings. The lowest BCUT2D eigenvalue weighted by Crippen LogP contribution is -2.18. The second-order valence-corrected chi connectivity index (χ2v) is 7.44. The molecule has 126 valence electrons. The first-order chi connectivity index (χ1) is 12.1. The third-order valence-corrected chi connectivity index (χ3v) is 5.79. The Morgan fingerprint density at radius 1 is 1.28 bits per heavy atom. The monoisotopic (exact) mass is 390 g/mol. The first kappa shape index (κ1) is 16.3. The van der Waals surface area contributed by atoms with E-state index in [1.54, 1.807) is 13.1 Å². The molecule has 0 radical (unpaired) electrons. The molecule has 0 bridgehead atoms. The molecule has 1 aromatic carbocycles. The number of hydrogen-bond acceptors (Lipinski definition) is 7. The number of thioether (sulfide) groups is 1. The summed E-state index contributed by atoms with van der Waals surface area (Å²) in [5.74, 6) is 1.30. The van der Waals surface area contributed by atoms with E-state index in [9.17, 15) is 4.79 Å². The molecule has 0 atom stereocenters. The number of fused-ring (bicyclic) bond motifs is 1. The van der Waals surface area contributed by atoms with Crippen molar-refractivity contribution in [3.05, 3.63) is 57.0 Å². The molecule has 6 nitrogen and oxygen atoms in total. The van der Waals surface area contributed by atoms with Crippen LogP contribution in [0.15, 0.2) is 50.2 Å². The lowest BCUT2D eigenvalue weighted by Gasteiger charge is -2.05. The molecule has 0 unspecified atom stereocenters. The van der Waals surface area contributed by atoms with Gasteiger partial charge in [-0.3, -0.25) is 9.36 Å². The van der Waals surface area contributed by atoms with Crippen molar-refractivity contribution in [1.29, 1.82) is 0 Å². The van der Waals surface area contributed by atoms with Crippen LogP contribution in [0.3, 0.4) is 0 Å². The van der Waals surface area contributed by atoms with E-state index in [4.69, 9.17) is 16.1 Å². The van der Waals surface area contributed by atoms with E-state index in [1.807, 2.05) is 29.6 Å². The first-order valence-electron chi connectivity index (χ1n) is 7.28. The normalized spacial score (nSPS) is 11.3. The van der Waals surface area contributed by atoms with Crippen LogP contribution in [0.1, 0.15) is 5.89 Å². The molecule has 0 aliphatic rings. The maximum Gasteiger partial charge on any atom is 0.271 e. The quantitative estimate of drug-likeness (QED) is 0.387. The number of aromatic nitrogens is 4. The van der Waals surface area contributed by atoms with Crippen molar-refractivity contribution in [3.8, 4) is 11.4 Å². The van der Waals surface area contributed by atoms with Crippen LogP contribution in [0.25, 0.3) is 21.6 Å². The van der Waals surface area contributed by atoms with E-state index in [-0.39, 0.29) is 5.56 Å². The van der Waals surface area contributed by atoms with Gasteiger partial charge in [-0.25, -0.2) is 4.98 Å². The molecule has 0 spiro atoms.